The zero-order chi connectivity index (χ0) is 36.7. The summed E-state index contributed by atoms with van der Waals surface area (Å²) in [4.78, 5) is 10.6. The number of hydrogen-bond donors (Lipinski definition) is 0. The van der Waals surface area contributed by atoms with Crippen LogP contribution in [0, 0.1) is 0 Å². The van der Waals surface area contributed by atoms with E-state index in [1.165, 1.54) is 65.2 Å². The van der Waals surface area contributed by atoms with Crippen LogP contribution in [0.2, 0.25) is 0 Å². The highest BCUT2D eigenvalue weighted by atomic mass is 15.0. The standard InChI is InChI=1S/C52H32N4/c1-2-16-37(17-3-1)55-45-24-11-9-21-41(45)43-32-35(27-28-46(43)55)51-42-22-8-10-23-44(42)53-52(54-51)36-15-12-18-38(31-36)56-47-29-25-33-13-4-6-19-39(33)49(47)50-40-20-7-5-14-34(40)26-30-48(50)56/h1-32H. The maximum atomic E-state index is 5.39. The third kappa shape index (κ3) is 4.53. The molecule has 0 aliphatic carbocycles. The van der Waals surface area contributed by atoms with E-state index in [0.29, 0.717) is 5.82 Å². The van der Waals surface area contributed by atoms with Gasteiger partial charge in [-0.1, -0.05) is 133 Å². The molecular formula is C52H32N4. The number of benzene rings is 9. The molecule has 4 heteroatoms. The van der Waals surface area contributed by atoms with Gasteiger partial charge in [0.05, 0.1) is 33.3 Å². The van der Waals surface area contributed by atoms with Gasteiger partial charge in [0.15, 0.2) is 5.82 Å². The molecule has 0 saturated carbocycles. The van der Waals surface area contributed by atoms with E-state index in [0.717, 1.165) is 39.1 Å². The number of nitrogens with zero attached hydrogens (tertiary/aromatic N) is 4. The molecule has 0 N–H and O–H groups in total. The molecule has 0 atom stereocenters. The minimum atomic E-state index is 0.698. The van der Waals surface area contributed by atoms with Crippen LogP contribution in [0.4, 0.5) is 0 Å². The first-order valence-corrected chi connectivity index (χ1v) is 19.1. The van der Waals surface area contributed by atoms with Gasteiger partial charge >= 0.3 is 0 Å². The summed E-state index contributed by atoms with van der Waals surface area (Å²) in [7, 11) is 0. The molecule has 12 aromatic rings. The first kappa shape index (κ1) is 30.9. The van der Waals surface area contributed by atoms with E-state index in [2.05, 4.69) is 203 Å². The van der Waals surface area contributed by atoms with Gasteiger partial charge in [-0.2, -0.15) is 0 Å². The van der Waals surface area contributed by atoms with Crippen LogP contribution in [0.25, 0.3) is 110 Å². The van der Waals surface area contributed by atoms with Gasteiger partial charge < -0.3 is 9.13 Å². The van der Waals surface area contributed by atoms with Crippen LogP contribution in [0.15, 0.2) is 194 Å². The Kier molecular flexibility index (Phi) is 6.60. The molecule has 9 aromatic carbocycles. The summed E-state index contributed by atoms with van der Waals surface area (Å²) in [6.45, 7) is 0. The van der Waals surface area contributed by atoms with E-state index in [9.17, 15) is 0 Å². The van der Waals surface area contributed by atoms with Crippen LogP contribution >= 0.6 is 0 Å². The molecule has 4 nitrogen and oxygen atoms in total. The van der Waals surface area contributed by atoms with Crippen LogP contribution in [0.5, 0.6) is 0 Å². The van der Waals surface area contributed by atoms with Gasteiger partial charge in [-0.25, -0.2) is 9.97 Å². The molecule has 0 radical (unpaired) electrons. The number of rotatable bonds is 4. The second kappa shape index (κ2) is 12.0. The lowest BCUT2D eigenvalue weighted by Gasteiger charge is -2.13. The van der Waals surface area contributed by atoms with Crippen molar-refractivity contribution in [2.24, 2.45) is 0 Å². The van der Waals surface area contributed by atoms with Gasteiger partial charge in [0.2, 0.25) is 0 Å². The SMILES string of the molecule is c1ccc(-n2c3ccccc3c3cc(-c4nc(-c5cccc(-n6c7ccc8ccccc8c7c7c8ccccc8ccc76)c5)nc5ccccc45)ccc32)cc1. The molecule has 0 bridgehead atoms. The molecule has 0 spiro atoms. The lowest BCUT2D eigenvalue weighted by molar-refractivity contribution is 1.17. The van der Waals surface area contributed by atoms with Crippen molar-refractivity contribution in [3.05, 3.63) is 194 Å². The summed E-state index contributed by atoms with van der Waals surface area (Å²) >= 11 is 0. The Balaban J connectivity index is 1.07. The number of fused-ring (bicyclic) bond motifs is 11. The van der Waals surface area contributed by atoms with E-state index >= 15 is 0 Å². The highest BCUT2D eigenvalue weighted by Crippen LogP contribution is 2.41. The smallest absolute Gasteiger partial charge is 0.160 e. The summed E-state index contributed by atoms with van der Waals surface area (Å²) in [6.07, 6.45) is 0. The van der Waals surface area contributed by atoms with Crippen molar-refractivity contribution in [1.29, 1.82) is 0 Å². The third-order valence-corrected chi connectivity index (χ3v) is 11.5. The molecule has 12 rings (SSSR count). The Bertz CT molecular complexity index is 3440. The predicted molar refractivity (Wildman–Crippen MR) is 234 cm³/mol. The average molecular weight is 713 g/mol. The Morgan fingerprint density at radius 2 is 0.893 bits per heavy atom. The van der Waals surface area contributed by atoms with Crippen LogP contribution in [0.1, 0.15) is 0 Å². The minimum Gasteiger partial charge on any atom is -0.309 e. The van der Waals surface area contributed by atoms with Gasteiger partial charge in [0.25, 0.3) is 0 Å². The minimum absolute atomic E-state index is 0.698. The molecular weight excluding hydrogens is 681 g/mol. The van der Waals surface area contributed by atoms with E-state index in [-0.39, 0.29) is 0 Å². The van der Waals surface area contributed by atoms with Gasteiger partial charge in [0.1, 0.15) is 0 Å². The van der Waals surface area contributed by atoms with Crippen LogP contribution in [0.3, 0.4) is 0 Å². The molecule has 0 aliphatic rings. The Morgan fingerprint density at radius 1 is 0.321 bits per heavy atom. The van der Waals surface area contributed by atoms with Crippen LogP contribution < -0.4 is 0 Å². The Morgan fingerprint density at radius 3 is 1.64 bits per heavy atom. The van der Waals surface area contributed by atoms with Gasteiger partial charge in [-0.15, -0.1) is 0 Å². The lowest BCUT2D eigenvalue weighted by Crippen LogP contribution is -1.98. The van der Waals surface area contributed by atoms with E-state index < -0.39 is 0 Å². The summed E-state index contributed by atoms with van der Waals surface area (Å²) in [6, 6.07) is 69.5. The number of para-hydroxylation sites is 3. The highest BCUT2D eigenvalue weighted by molar-refractivity contribution is 6.28. The van der Waals surface area contributed by atoms with Crippen molar-refractivity contribution in [1.82, 2.24) is 19.1 Å². The average Bonchev–Trinajstić information content (AvgIpc) is 3.79. The zero-order valence-corrected chi connectivity index (χ0v) is 30.3. The number of hydrogen-bond acceptors (Lipinski definition) is 2. The van der Waals surface area contributed by atoms with Gasteiger partial charge in [-0.05, 0) is 82.2 Å². The van der Waals surface area contributed by atoms with Crippen molar-refractivity contribution in [2.45, 2.75) is 0 Å². The monoisotopic (exact) mass is 712 g/mol. The maximum Gasteiger partial charge on any atom is 0.160 e. The molecule has 0 aliphatic heterocycles. The van der Waals surface area contributed by atoms with E-state index in [1.807, 2.05) is 0 Å². The normalized spacial score (nSPS) is 11.9. The molecule has 3 aromatic heterocycles. The van der Waals surface area contributed by atoms with E-state index in [1.54, 1.807) is 0 Å². The molecule has 0 fully saturated rings. The third-order valence-electron chi connectivity index (χ3n) is 11.5. The maximum absolute atomic E-state index is 5.39. The van der Waals surface area contributed by atoms with Crippen molar-refractivity contribution in [3.63, 3.8) is 0 Å². The van der Waals surface area contributed by atoms with Gasteiger partial charge in [0, 0.05) is 49.4 Å². The molecule has 0 saturated heterocycles. The summed E-state index contributed by atoms with van der Waals surface area (Å²) in [5.41, 5.74) is 10.8. The summed E-state index contributed by atoms with van der Waals surface area (Å²) in [5, 5.41) is 11.0. The molecule has 0 amide bonds. The second-order valence-corrected chi connectivity index (χ2v) is 14.6. The van der Waals surface area contributed by atoms with Crippen LogP contribution in [-0.2, 0) is 0 Å². The highest BCUT2D eigenvalue weighted by Gasteiger charge is 2.19. The molecule has 56 heavy (non-hydrogen) atoms. The first-order chi connectivity index (χ1) is 27.8. The zero-order valence-electron chi connectivity index (χ0n) is 30.3. The fourth-order valence-corrected chi connectivity index (χ4v) is 9.01. The fraction of sp³-hybridized carbons (Fsp3) is 0. The largest absolute Gasteiger partial charge is 0.309 e. The van der Waals surface area contributed by atoms with Crippen molar-refractivity contribution < 1.29 is 0 Å². The quantitative estimate of drug-likeness (QED) is 0.182. The molecule has 3 heterocycles. The molecule has 0 unspecified atom stereocenters. The second-order valence-electron chi connectivity index (χ2n) is 14.6. The Labute approximate surface area is 322 Å². The fourth-order valence-electron chi connectivity index (χ4n) is 9.01. The first-order valence-electron chi connectivity index (χ1n) is 19.1. The summed E-state index contributed by atoms with van der Waals surface area (Å²) in [5.74, 6) is 0.698. The number of aromatic nitrogens is 4. The van der Waals surface area contributed by atoms with Crippen molar-refractivity contribution in [3.8, 4) is 34.0 Å². The Hall–Kier alpha value is -7.56. The van der Waals surface area contributed by atoms with E-state index in [4.69, 9.17) is 9.97 Å². The summed E-state index contributed by atoms with van der Waals surface area (Å²) < 4.78 is 4.76. The predicted octanol–water partition coefficient (Wildman–Crippen LogP) is 13.5. The lowest BCUT2D eigenvalue weighted by atomic mass is 10.00. The van der Waals surface area contributed by atoms with Crippen molar-refractivity contribution in [2.75, 3.05) is 0 Å². The molecule has 260 valence electrons. The van der Waals surface area contributed by atoms with Gasteiger partial charge in [-0.3, -0.25) is 0 Å². The van der Waals surface area contributed by atoms with Crippen molar-refractivity contribution >= 4 is 76.1 Å². The topological polar surface area (TPSA) is 35.6 Å². The van der Waals surface area contributed by atoms with Crippen LogP contribution in [-0.4, -0.2) is 19.1 Å².